The van der Waals surface area contributed by atoms with Gasteiger partial charge in [-0.1, -0.05) is 35.3 Å². The van der Waals surface area contributed by atoms with Crippen LogP contribution in [0.5, 0.6) is 0 Å². The standard InChI is InChI=1S/C13H8Cl2N2O/c14-8-3-1-4-9(7-8)17-12-10(15)5-2-6-11(12)16-13(17)18/h1-7H,(H,16,18). The molecule has 2 aromatic carbocycles. The zero-order chi connectivity index (χ0) is 12.7. The molecule has 0 radical (unpaired) electrons. The van der Waals surface area contributed by atoms with Gasteiger partial charge in [-0.05, 0) is 30.3 Å². The van der Waals surface area contributed by atoms with Crippen LogP contribution in [0.1, 0.15) is 0 Å². The van der Waals surface area contributed by atoms with E-state index >= 15 is 0 Å². The monoisotopic (exact) mass is 278 g/mol. The fraction of sp³-hybridized carbons (Fsp3) is 0. The number of para-hydroxylation sites is 1. The summed E-state index contributed by atoms with van der Waals surface area (Å²) in [5.41, 5.74) is 1.81. The quantitative estimate of drug-likeness (QED) is 0.725. The molecule has 0 aliphatic heterocycles. The van der Waals surface area contributed by atoms with Crippen LogP contribution in [0, 0.1) is 0 Å². The minimum atomic E-state index is -0.236. The number of imidazole rings is 1. The van der Waals surface area contributed by atoms with Gasteiger partial charge in [0.05, 0.1) is 21.7 Å². The zero-order valence-electron chi connectivity index (χ0n) is 9.15. The van der Waals surface area contributed by atoms with E-state index in [0.717, 1.165) is 0 Å². The van der Waals surface area contributed by atoms with Crippen LogP contribution in [-0.2, 0) is 0 Å². The van der Waals surface area contributed by atoms with E-state index in [9.17, 15) is 4.79 Å². The second-order valence-electron chi connectivity index (χ2n) is 3.88. The van der Waals surface area contributed by atoms with Gasteiger partial charge < -0.3 is 4.98 Å². The molecule has 3 rings (SSSR count). The van der Waals surface area contributed by atoms with Gasteiger partial charge in [-0.3, -0.25) is 4.57 Å². The molecule has 0 saturated carbocycles. The SMILES string of the molecule is O=c1[nH]c2cccc(Cl)c2n1-c1cccc(Cl)c1. The molecule has 3 aromatic rings. The van der Waals surface area contributed by atoms with Crippen LogP contribution in [0.4, 0.5) is 0 Å². The van der Waals surface area contributed by atoms with E-state index in [1.165, 1.54) is 4.57 Å². The Morgan fingerprint density at radius 2 is 1.83 bits per heavy atom. The molecule has 0 amide bonds. The highest BCUT2D eigenvalue weighted by atomic mass is 35.5. The Morgan fingerprint density at radius 3 is 2.61 bits per heavy atom. The number of fused-ring (bicyclic) bond motifs is 1. The minimum Gasteiger partial charge on any atom is -0.305 e. The number of nitrogens with one attached hydrogen (secondary N) is 1. The van der Waals surface area contributed by atoms with Gasteiger partial charge in [0, 0.05) is 5.02 Å². The number of hydrogen-bond acceptors (Lipinski definition) is 1. The average Bonchev–Trinajstić information content (AvgIpc) is 2.67. The van der Waals surface area contributed by atoms with E-state index in [1.807, 2.05) is 12.1 Å². The zero-order valence-corrected chi connectivity index (χ0v) is 10.7. The van der Waals surface area contributed by atoms with E-state index in [4.69, 9.17) is 23.2 Å². The normalized spacial score (nSPS) is 11.0. The third kappa shape index (κ3) is 1.72. The number of benzene rings is 2. The lowest BCUT2D eigenvalue weighted by molar-refractivity contribution is 1.02. The highest BCUT2D eigenvalue weighted by Crippen LogP contribution is 2.24. The first kappa shape index (κ1) is 11.4. The van der Waals surface area contributed by atoms with Crippen molar-refractivity contribution in [3.8, 4) is 5.69 Å². The number of rotatable bonds is 1. The minimum absolute atomic E-state index is 0.236. The molecule has 0 fully saturated rings. The van der Waals surface area contributed by atoms with Crippen LogP contribution in [0.2, 0.25) is 10.0 Å². The molecule has 90 valence electrons. The molecule has 0 atom stereocenters. The molecular formula is C13H8Cl2N2O. The van der Waals surface area contributed by atoms with Gasteiger partial charge >= 0.3 is 5.69 Å². The lowest BCUT2D eigenvalue weighted by atomic mass is 10.3. The lowest BCUT2D eigenvalue weighted by Gasteiger charge is -2.04. The van der Waals surface area contributed by atoms with Crippen molar-refractivity contribution >= 4 is 34.2 Å². The van der Waals surface area contributed by atoms with Crippen LogP contribution in [0.15, 0.2) is 47.3 Å². The summed E-state index contributed by atoms with van der Waals surface area (Å²) in [6.45, 7) is 0. The molecule has 0 bridgehead atoms. The highest BCUT2D eigenvalue weighted by Gasteiger charge is 2.11. The molecule has 0 spiro atoms. The molecule has 5 heteroatoms. The Balaban J connectivity index is 2.42. The molecule has 0 aliphatic rings. The van der Waals surface area contributed by atoms with Crippen molar-refractivity contribution < 1.29 is 0 Å². The number of aromatic amines is 1. The van der Waals surface area contributed by atoms with Crippen LogP contribution in [0.3, 0.4) is 0 Å². The first-order chi connectivity index (χ1) is 8.66. The van der Waals surface area contributed by atoms with E-state index in [0.29, 0.717) is 26.8 Å². The predicted octanol–water partition coefficient (Wildman–Crippen LogP) is 3.63. The second kappa shape index (κ2) is 4.19. The lowest BCUT2D eigenvalue weighted by Crippen LogP contribution is -2.14. The van der Waals surface area contributed by atoms with E-state index < -0.39 is 0 Å². The van der Waals surface area contributed by atoms with Gasteiger partial charge in [0.15, 0.2) is 0 Å². The largest absolute Gasteiger partial charge is 0.331 e. The average molecular weight is 279 g/mol. The highest BCUT2D eigenvalue weighted by molar-refractivity contribution is 6.35. The van der Waals surface area contributed by atoms with Crippen molar-refractivity contribution in [2.75, 3.05) is 0 Å². The predicted molar refractivity (Wildman–Crippen MR) is 73.9 cm³/mol. The van der Waals surface area contributed by atoms with E-state index in [-0.39, 0.29) is 5.69 Å². The summed E-state index contributed by atoms with van der Waals surface area (Å²) < 4.78 is 1.52. The fourth-order valence-corrected chi connectivity index (χ4v) is 2.42. The molecule has 0 aliphatic carbocycles. The number of H-pyrrole nitrogens is 1. The Hall–Kier alpha value is -1.71. The van der Waals surface area contributed by atoms with E-state index in [2.05, 4.69) is 4.98 Å². The summed E-state index contributed by atoms with van der Waals surface area (Å²) in [7, 11) is 0. The summed E-state index contributed by atoms with van der Waals surface area (Å²) >= 11 is 12.1. The molecule has 1 aromatic heterocycles. The van der Waals surface area contributed by atoms with Gasteiger partial charge in [-0.15, -0.1) is 0 Å². The first-order valence-corrected chi connectivity index (χ1v) is 6.07. The second-order valence-corrected chi connectivity index (χ2v) is 4.73. The van der Waals surface area contributed by atoms with Crippen molar-refractivity contribution in [2.24, 2.45) is 0 Å². The Bertz CT molecular complexity index is 789. The number of hydrogen-bond donors (Lipinski definition) is 1. The molecule has 3 nitrogen and oxygen atoms in total. The summed E-state index contributed by atoms with van der Waals surface area (Å²) in [5.74, 6) is 0. The third-order valence-corrected chi connectivity index (χ3v) is 3.26. The summed E-state index contributed by atoms with van der Waals surface area (Å²) in [4.78, 5) is 14.8. The van der Waals surface area contributed by atoms with Crippen molar-refractivity contribution in [1.82, 2.24) is 9.55 Å². The molecule has 0 saturated heterocycles. The van der Waals surface area contributed by atoms with Crippen LogP contribution >= 0.6 is 23.2 Å². The Kier molecular flexibility index (Phi) is 2.65. The van der Waals surface area contributed by atoms with Crippen molar-refractivity contribution in [2.45, 2.75) is 0 Å². The maximum Gasteiger partial charge on any atom is 0.331 e. The summed E-state index contributed by atoms with van der Waals surface area (Å²) in [6.07, 6.45) is 0. The molecule has 0 unspecified atom stereocenters. The number of halogens is 2. The van der Waals surface area contributed by atoms with Crippen molar-refractivity contribution in [1.29, 1.82) is 0 Å². The van der Waals surface area contributed by atoms with Gasteiger partial charge in [-0.2, -0.15) is 0 Å². The number of nitrogens with zero attached hydrogens (tertiary/aromatic N) is 1. The van der Waals surface area contributed by atoms with Gasteiger partial charge in [0.25, 0.3) is 0 Å². The first-order valence-electron chi connectivity index (χ1n) is 5.32. The van der Waals surface area contributed by atoms with Crippen LogP contribution < -0.4 is 5.69 Å². The summed E-state index contributed by atoms with van der Waals surface area (Å²) in [5, 5.41) is 1.09. The Labute approximate surface area is 113 Å². The van der Waals surface area contributed by atoms with Gasteiger partial charge in [0.2, 0.25) is 0 Å². The van der Waals surface area contributed by atoms with Crippen molar-refractivity contribution in [3.05, 3.63) is 63.0 Å². The van der Waals surface area contributed by atoms with Crippen LogP contribution in [-0.4, -0.2) is 9.55 Å². The Morgan fingerprint density at radius 1 is 1.06 bits per heavy atom. The topological polar surface area (TPSA) is 37.8 Å². The molecule has 1 N–H and O–H groups in total. The number of aromatic nitrogens is 2. The summed E-state index contributed by atoms with van der Waals surface area (Å²) in [6, 6.07) is 12.4. The fourth-order valence-electron chi connectivity index (χ4n) is 1.98. The smallest absolute Gasteiger partial charge is 0.305 e. The maximum absolute atomic E-state index is 12.0. The van der Waals surface area contributed by atoms with Crippen LogP contribution in [0.25, 0.3) is 16.7 Å². The van der Waals surface area contributed by atoms with Crippen molar-refractivity contribution in [3.63, 3.8) is 0 Å². The maximum atomic E-state index is 12.0. The molecular weight excluding hydrogens is 271 g/mol. The third-order valence-electron chi connectivity index (χ3n) is 2.72. The van der Waals surface area contributed by atoms with Gasteiger partial charge in [0.1, 0.15) is 0 Å². The van der Waals surface area contributed by atoms with E-state index in [1.54, 1.807) is 30.3 Å². The molecule has 1 heterocycles. The molecule has 18 heavy (non-hydrogen) atoms. The van der Waals surface area contributed by atoms with Gasteiger partial charge in [-0.25, -0.2) is 4.79 Å².